The average Bonchev–Trinajstić information content (AvgIpc) is 3.33. The Morgan fingerprint density at radius 2 is 1.75 bits per heavy atom. The predicted octanol–water partition coefficient (Wildman–Crippen LogP) is 4.89. The maximum atomic E-state index is 6.04. The molecule has 5 nitrogen and oxygen atoms in total. The van der Waals surface area contributed by atoms with Crippen LogP contribution in [0.3, 0.4) is 0 Å². The van der Waals surface area contributed by atoms with Crippen LogP contribution in [0.5, 0.6) is 5.75 Å². The minimum atomic E-state index is 0.578. The van der Waals surface area contributed by atoms with Crippen LogP contribution < -0.4 is 14.5 Å². The third-order valence-electron chi connectivity index (χ3n) is 6.57. The fourth-order valence-electron chi connectivity index (χ4n) is 4.64. The van der Waals surface area contributed by atoms with E-state index in [-0.39, 0.29) is 0 Å². The van der Waals surface area contributed by atoms with Crippen molar-refractivity contribution >= 4 is 17.2 Å². The van der Waals surface area contributed by atoms with Crippen molar-refractivity contribution < 1.29 is 4.74 Å². The van der Waals surface area contributed by atoms with Gasteiger partial charge < -0.3 is 19.4 Å². The minimum Gasteiger partial charge on any atom is -0.485 e. The number of likely N-dealkylation sites (N-methyl/N-ethyl adjacent to an activating group) is 1. The van der Waals surface area contributed by atoms with Gasteiger partial charge in [0.1, 0.15) is 6.61 Å². The van der Waals surface area contributed by atoms with Gasteiger partial charge in [-0.2, -0.15) is 0 Å². The molecule has 2 aliphatic heterocycles. The highest BCUT2D eigenvalue weighted by Crippen LogP contribution is 2.37. The second-order valence-corrected chi connectivity index (χ2v) is 8.81. The molecule has 2 aliphatic rings. The summed E-state index contributed by atoms with van der Waals surface area (Å²) in [4.78, 5) is 11.9. The monoisotopic (exact) mass is 428 g/mol. The zero-order chi connectivity index (χ0) is 21.8. The van der Waals surface area contributed by atoms with E-state index in [4.69, 9.17) is 4.74 Å². The van der Waals surface area contributed by atoms with E-state index in [0.717, 1.165) is 37.6 Å². The van der Waals surface area contributed by atoms with Crippen molar-refractivity contribution in [3.63, 3.8) is 0 Å². The van der Waals surface area contributed by atoms with Crippen LogP contribution in [0.4, 0.5) is 17.2 Å². The Hall–Kier alpha value is -3.05. The summed E-state index contributed by atoms with van der Waals surface area (Å²) in [5.74, 6) is 1.76. The largest absolute Gasteiger partial charge is 0.485 e. The Morgan fingerprint density at radius 1 is 0.938 bits per heavy atom. The number of pyridine rings is 1. The predicted molar refractivity (Wildman–Crippen MR) is 131 cm³/mol. The lowest BCUT2D eigenvalue weighted by Gasteiger charge is -2.27. The van der Waals surface area contributed by atoms with Crippen LogP contribution in [0.15, 0.2) is 66.9 Å². The molecule has 166 valence electrons. The molecule has 32 heavy (non-hydrogen) atoms. The lowest BCUT2D eigenvalue weighted by atomic mass is 10.1. The topological polar surface area (TPSA) is 31.8 Å². The summed E-state index contributed by atoms with van der Waals surface area (Å²) in [6, 6.07) is 21.6. The number of hydrogen-bond donors (Lipinski definition) is 0. The highest BCUT2D eigenvalue weighted by Gasteiger charge is 2.22. The lowest BCUT2D eigenvalue weighted by Crippen LogP contribution is -2.32. The van der Waals surface area contributed by atoms with Gasteiger partial charge in [-0.15, -0.1) is 0 Å². The van der Waals surface area contributed by atoms with E-state index in [1.807, 2.05) is 18.3 Å². The number of benzene rings is 2. The molecule has 3 aromatic rings. The third-order valence-corrected chi connectivity index (χ3v) is 6.57. The zero-order valence-electron chi connectivity index (χ0n) is 18.9. The molecule has 0 saturated carbocycles. The number of ether oxygens (including phenoxy) is 1. The molecule has 1 saturated heterocycles. The average molecular weight is 429 g/mol. The van der Waals surface area contributed by atoms with Gasteiger partial charge in [0.2, 0.25) is 0 Å². The van der Waals surface area contributed by atoms with Gasteiger partial charge in [0.05, 0.1) is 0 Å². The quantitative estimate of drug-likeness (QED) is 0.535. The first-order valence-electron chi connectivity index (χ1n) is 11.7. The summed E-state index contributed by atoms with van der Waals surface area (Å²) in [7, 11) is 2.21. The van der Waals surface area contributed by atoms with E-state index in [1.54, 1.807) is 0 Å². The van der Waals surface area contributed by atoms with Crippen LogP contribution in [-0.2, 0) is 13.0 Å². The molecule has 5 heteroatoms. The van der Waals surface area contributed by atoms with E-state index in [9.17, 15) is 0 Å². The third kappa shape index (κ3) is 4.58. The van der Waals surface area contributed by atoms with E-state index >= 15 is 0 Å². The maximum Gasteiger partial charge on any atom is 0.175 e. The molecule has 0 N–H and O–H groups in total. The summed E-state index contributed by atoms with van der Waals surface area (Å²) in [6.45, 7) is 5.83. The second kappa shape index (κ2) is 9.61. The molecule has 0 spiro atoms. The van der Waals surface area contributed by atoms with Crippen molar-refractivity contribution in [2.75, 3.05) is 49.6 Å². The molecule has 1 aromatic heterocycles. The zero-order valence-corrected chi connectivity index (χ0v) is 18.9. The van der Waals surface area contributed by atoms with Crippen molar-refractivity contribution in [2.45, 2.75) is 25.9 Å². The van der Waals surface area contributed by atoms with Gasteiger partial charge >= 0.3 is 0 Å². The first-order chi connectivity index (χ1) is 15.8. The number of nitrogens with zero attached hydrogens (tertiary/aromatic N) is 4. The smallest absolute Gasteiger partial charge is 0.175 e. The Bertz CT molecular complexity index is 982. The van der Waals surface area contributed by atoms with Gasteiger partial charge in [-0.1, -0.05) is 30.3 Å². The van der Waals surface area contributed by atoms with Crippen molar-refractivity contribution in [1.82, 2.24) is 9.88 Å². The molecule has 0 radical (unpaired) electrons. The van der Waals surface area contributed by atoms with Crippen molar-refractivity contribution in [3.8, 4) is 5.75 Å². The normalized spacial score (nSPS) is 15.3. The number of anilines is 3. The number of para-hydroxylation sites is 1. The molecular formula is C27H32N4O. The van der Waals surface area contributed by atoms with E-state index in [0.29, 0.717) is 6.61 Å². The SMILES string of the molecule is CN(CCc1ccc(N2CCCC2)cc1)CCN1c2ccccc2COc2cccnc21. The second-order valence-electron chi connectivity index (χ2n) is 8.81. The van der Waals surface area contributed by atoms with Gasteiger partial charge in [0, 0.05) is 55.9 Å². The number of fused-ring (bicyclic) bond motifs is 2. The molecule has 5 rings (SSSR count). The molecule has 2 aromatic carbocycles. The standard InChI is InChI=1S/C27H32N4O/c1-29(18-14-22-10-12-24(13-11-22)30-16-4-5-17-30)19-20-31-25-8-3-2-7-23(25)21-32-26-9-6-15-28-27(26)31/h2-3,6-13,15H,4-5,14,16-21H2,1H3. The lowest BCUT2D eigenvalue weighted by molar-refractivity contribution is 0.309. The first kappa shape index (κ1) is 20.8. The summed E-state index contributed by atoms with van der Waals surface area (Å²) >= 11 is 0. The molecule has 1 fully saturated rings. The molecule has 0 amide bonds. The summed E-state index contributed by atoms with van der Waals surface area (Å²) < 4.78 is 6.04. The Balaban J connectivity index is 1.21. The number of hydrogen-bond acceptors (Lipinski definition) is 5. The fourth-order valence-corrected chi connectivity index (χ4v) is 4.64. The molecule has 0 aliphatic carbocycles. The van der Waals surface area contributed by atoms with E-state index in [2.05, 4.69) is 75.3 Å². The summed E-state index contributed by atoms with van der Waals surface area (Å²) in [6.07, 6.45) is 5.55. The van der Waals surface area contributed by atoms with Gasteiger partial charge in [-0.05, 0) is 62.2 Å². The van der Waals surface area contributed by atoms with Crippen LogP contribution in [0.1, 0.15) is 24.0 Å². The van der Waals surface area contributed by atoms with Crippen LogP contribution in [0.25, 0.3) is 0 Å². The highest BCUT2D eigenvalue weighted by molar-refractivity contribution is 5.69. The van der Waals surface area contributed by atoms with Gasteiger partial charge in [-0.3, -0.25) is 0 Å². The summed E-state index contributed by atoms with van der Waals surface area (Å²) in [5, 5.41) is 0. The van der Waals surface area contributed by atoms with Gasteiger partial charge in [0.25, 0.3) is 0 Å². The Labute approximate surface area is 191 Å². The van der Waals surface area contributed by atoms with Crippen molar-refractivity contribution in [3.05, 3.63) is 78.0 Å². The molecular weight excluding hydrogens is 396 g/mol. The van der Waals surface area contributed by atoms with Crippen LogP contribution >= 0.6 is 0 Å². The van der Waals surface area contributed by atoms with E-state index < -0.39 is 0 Å². The number of rotatable bonds is 7. The minimum absolute atomic E-state index is 0.578. The van der Waals surface area contributed by atoms with Crippen molar-refractivity contribution in [1.29, 1.82) is 0 Å². The highest BCUT2D eigenvalue weighted by atomic mass is 16.5. The maximum absolute atomic E-state index is 6.04. The number of aromatic nitrogens is 1. The first-order valence-corrected chi connectivity index (χ1v) is 11.7. The molecule has 0 bridgehead atoms. The summed E-state index contributed by atoms with van der Waals surface area (Å²) in [5.41, 5.74) is 5.16. The van der Waals surface area contributed by atoms with Crippen molar-refractivity contribution in [2.24, 2.45) is 0 Å². The Morgan fingerprint density at radius 3 is 2.59 bits per heavy atom. The molecule has 0 atom stereocenters. The van der Waals surface area contributed by atoms with Gasteiger partial charge in [-0.25, -0.2) is 4.98 Å². The molecule has 0 unspecified atom stereocenters. The molecule has 3 heterocycles. The fraction of sp³-hybridized carbons (Fsp3) is 0.370. The Kier molecular flexibility index (Phi) is 6.26. The van der Waals surface area contributed by atoms with E-state index in [1.165, 1.54) is 48.4 Å². The van der Waals surface area contributed by atoms with Crippen LogP contribution in [0.2, 0.25) is 0 Å². The van der Waals surface area contributed by atoms with Crippen LogP contribution in [-0.4, -0.2) is 49.7 Å². The van der Waals surface area contributed by atoms with Gasteiger partial charge in [0.15, 0.2) is 11.6 Å². The van der Waals surface area contributed by atoms with Crippen LogP contribution in [0, 0.1) is 0 Å².